The van der Waals surface area contributed by atoms with E-state index in [-0.39, 0.29) is 23.1 Å². The maximum atomic E-state index is 11.7. The monoisotopic (exact) mass is 453 g/mol. The molecule has 0 aromatic heterocycles. The van der Waals surface area contributed by atoms with Crippen LogP contribution in [0.4, 0.5) is 0 Å². The molecule has 184 valence electrons. The largest absolute Gasteiger partial charge is 0.408 e. The lowest BCUT2D eigenvalue weighted by atomic mass is 10.0. The molecule has 3 nitrogen and oxygen atoms in total. The van der Waals surface area contributed by atoms with Crippen molar-refractivity contribution in [1.29, 1.82) is 0 Å². The Morgan fingerprint density at radius 2 is 1.39 bits per heavy atom. The van der Waals surface area contributed by atoms with Gasteiger partial charge in [-0.1, -0.05) is 111 Å². The number of hydrogen-bond acceptors (Lipinski definition) is 2. The summed E-state index contributed by atoms with van der Waals surface area (Å²) in [6.07, 6.45) is 21.6. The van der Waals surface area contributed by atoms with Crippen molar-refractivity contribution in [2.24, 2.45) is 0 Å². The van der Waals surface area contributed by atoms with E-state index in [0.717, 1.165) is 12.8 Å². The van der Waals surface area contributed by atoms with Crippen LogP contribution in [0.2, 0.25) is 18.1 Å². The average Bonchev–Trinajstić information content (AvgIpc) is 2.67. The highest BCUT2D eigenvalue weighted by Gasteiger charge is 2.40. The minimum Gasteiger partial charge on any atom is -0.408 e. The van der Waals surface area contributed by atoms with E-state index < -0.39 is 8.32 Å². The lowest BCUT2D eigenvalue weighted by Crippen LogP contribution is -2.50. The predicted molar refractivity (Wildman–Crippen MR) is 140 cm³/mol. The molecule has 4 heteroatoms. The van der Waals surface area contributed by atoms with Crippen LogP contribution in [0.15, 0.2) is 12.2 Å². The van der Waals surface area contributed by atoms with Crippen molar-refractivity contribution in [3.8, 4) is 0 Å². The minimum absolute atomic E-state index is 0.0226. The van der Waals surface area contributed by atoms with Crippen LogP contribution in [0.5, 0.6) is 0 Å². The first-order valence-electron chi connectivity index (χ1n) is 13.2. The molecule has 0 aliphatic rings. The molecule has 1 N–H and O–H groups in total. The molecule has 1 amide bonds. The number of rotatable bonds is 18. The van der Waals surface area contributed by atoms with E-state index in [4.69, 9.17) is 4.43 Å². The SMILES string of the molecule is CCCCCCCCCCCCC/C=C/[C@@H](O[Si](C)(C)C(C)(C)C)[C@H](CC)NC(C)=O. The zero-order valence-corrected chi connectivity index (χ0v) is 23.3. The van der Waals surface area contributed by atoms with E-state index in [1.54, 1.807) is 6.92 Å². The van der Waals surface area contributed by atoms with Crippen molar-refractivity contribution in [2.45, 2.75) is 155 Å². The molecule has 0 aliphatic heterocycles. The zero-order chi connectivity index (χ0) is 23.8. The lowest BCUT2D eigenvalue weighted by molar-refractivity contribution is -0.120. The van der Waals surface area contributed by atoms with Gasteiger partial charge in [-0.25, -0.2) is 0 Å². The second-order valence-electron chi connectivity index (χ2n) is 10.8. The summed E-state index contributed by atoms with van der Waals surface area (Å²) >= 11 is 0. The van der Waals surface area contributed by atoms with Gasteiger partial charge < -0.3 is 9.74 Å². The van der Waals surface area contributed by atoms with Gasteiger partial charge in [0.05, 0.1) is 12.1 Å². The Kier molecular flexibility index (Phi) is 16.6. The topological polar surface area (TPSA) is 38.3 Å². The Balaban J connectivity index is 4.38. The van der Waals surface area contributed by atoms with Crippen LogP contribution in [0.25, 0.3) is 0 Å². The van der Waals surface area contributed by atoms with Gasteiger partial charge in [-0.3, -0.25) is 4.79 Å². The number of hydrogen-bond donors (Lipinski definition) is 1. The Morgan fingerprint density at radius 3 is 1.81 bits per heavy atom. The number of carbonyl (C=O) groups is 1. The number of carbonyl (C=O) groups excluding carboxylic acids is 1. The molecule has 0 saturated heterocycles. The molecule has 0 heterocycles. The average molecular weight is 454 g/mol. The molecular formula is C27H55NO2Si. The first-order chi connectivity index (χ1) is 14.5. The maximum Gasteiger partial charge on any atom is 0.217 e. The first kappa shape index (κ1) is 30.4. The van der Waals surface area contributed by atoms with E-state index in [9.17, 15) is 4.79 Å². The van der Waals surface area contributed by atoms with Crippen molar-refractivity contribution < 1.29 is 9.22 Å². The highest BCUT2D eigenvalue weighted by Crippen LogP contribution is 2.38. The summed E-state index contributed by atoms with van der Waals surface area (Å²) in [5.41, 5.74) is 0. The van der Waals surface area contributed by atoms with Crippen molar-refractivity contribution in [1.82, 2.24) is 5.32 Å². The van der Waals surface area contributed by atoms with Gasteiger partial charge in [0.1, 0.15) is 0 Å². The fourth-order valence-corrected chi connectivity index (χ4v) is 4.88. The summed E-state index contributed by atoms with van der Waals surface area (Å²) in [4.78, 5) is 11.7. The summed E-state index contributed by atoms with van der Waals surface area (Å²) in [6, 6.07) is 0.0419. The van der Waals surface area contributed by atoms with Gasteiger partial charge in [-0.15, -0.1) is 0 Å². The Bertz CT molecular complexity index is 482. The van der Waals surface area contributed by atoms with Gasteiger partial charge >= 0.3 is 0 Å². The van der Waals surface area contributed by atoms with Gasteiger partial charge in [0.2, 0.25) is 5.91 Å². The summed E-state index contributed by atoms with van der Waals surface area (Å²) in [6.45, 7) is 17.4. The molecule has 0 aliphatic carbocycles. The Labute approximate surface area is 196 Å². The van der Waals surface area contributed by atoms with Crippen LogP contribution in [0.1, 0.15) is 125 Å². The van der Waals surface area contributed by atoms with Crippen LogP contribution in [-0.2, 0) is 9.22 Å². The molecule has 0 bridgehead atoms. The number of unbranched alkanes of at least 4 members (excludes halogenated alkanes) is 11. The second-order valence-corrected chi connectivity index (χ2v) is 15.6. The summed E-state index contributed by atoms with van der Waals surface area (Å²) in [5.74, 6) is 0.0226. The minimum atomic E-state index is -1.91. The lowest BCUT2D eigenvalue weighted by Gasteiger charge is -2.40. The van der Waals surface area contributed by atoms with E-state index in [1.165, 1.54) is 70.6 Å². The van der Waals surface area contributed by atoms with Gasteiger partial charge in [-0.2, -0.15) is 0 Å². The van der Waals surface area contributed by atoms with Crippen LogP contribution < -0.4 is 5.32 Å². The molecule has 0 saturated carbocycles. The fourth-order valence-electron chi connectivity index (χ4n) is 3.61. The van der Waals surface area contributed by atoms with Gasteiger partial charge in [0.25, 0.3) is 0 Å². The molecule has 31 heavy (non-hydrogen) atoms. The molecular weight excluding hydrogens is 398 g/mol. The number of allylic oxidation sites excluding steroid dienone is 1. The van der Waals surface area contributed by atoms with Gasteiger partial charge in [0, 0.05) is 6.92 Å². The van der Waals surface area contributed by atoms with Gasteiger partial charge in [0.15, 0.2) is 8.32 Å². The highest BCUT2D eigenvalue weighted by molar-refractivity contribution is 6.74. The molecule has 0 rings (SSSR count). The third kappa shape index (κ3) is 15.0. The Morgan fingerprint density at radius 1 is 0.903 bits per heavy atom. The number of amides is 1. The Hall–Kier alpha value is -0.613. The van der Waals surface area contributed by atoms with Crippen molar-refractivity contribution >= 4 is 14.2 Å². The molecule has 0 radical (unpaired) electrons. The van der Waals surface area contributed by atoms with E-state index >= 15 is 0 Å². The smallest absolute Gasteiger partial charge is 0.217 e. The molecule has 0 aromatic carbocycles. The molecule has 0 fully saturated rings. The third-order valence-corrected chi connectivity index (χ3v) is 11.2. The third-order valence-electron chi connectivity index (χ3n) is 6.76. The van der Waals surface area contributed by atoms with Crippen LogP contribution in [0.3, 0.4) is 0 Å². The second kappa shape index (κ2) is 16.9. The molecule has 0 spiro atoms. The zero-order valence-electron chi connectivity index (χ0n) is 22.3. The van der Waals surface area contributed by atoms with Crippen LogP contribution in [0, 0.1) is 0 Å². The van der Waals surface area contributed by atoms with Crippen molar-refractivity contribution in [3.05, 3.63) is 12.2 Å². The van der Waals surface area contributed by atoms with Crippen molar-refractivity contribution in [3.63, 3.8) is 0 Å². The highest BCUT2D eigenvalue weighted by atomic mass is 28.4. The maximum absolute atomic E-state index is 11.7. The van der Waals surface area contributed by atoms with Crippen LogP contribution in [-0.4, -0.2) is 26.4 Å². The van der Waals surface area contributed by atoms with Gasteiger partial charge in [-0.05, 0) is 37.4 Å². The molecule has 0 aromatic rings. The number of nitrogens with one attached hydrogen (secondary N) is 1. The summed E-state index contributed by atoms with van der Waals surface area (Å²) in [5, 5.41) is 3.26. The quantitative estimate of drug-likeness (QED) is 0.128. The van der Waals surface area contributed by atoms with E-state index in [1.807, 2.05) is 0 Å². The molecule has 2 atom stereocenters. The standard InChI is InChI=1S/C27H55NO2Si/c1-9-11-12-13-14-15-16-17-18-19-20-21-22-23-26(25(10-2)28-24(3)29)30-31(7,8)27(4,5)6/h22-23,25-26H,9-21H2,1-8H3,(H,28,29)/b23-22+/t25-,26+/m0/s1. The fraction of sp³-hybridized carbons (Fsp3) is 0.889. The van der Waals surface area contributed by atoms with Crippen LogP contribution >= 0.6 is 0 Å². The normalized spacial score (nSPS) is 14.7. The van der Waals surface area contributed by atoms with E-state index in [2.05, 4.69) is 65.2 Å². The summed E-state index contributed by atoms with van der Waals surface area (Å²) < 4.78 is 6.70. The predicted octanol–water partition coefficient (Wildman–Crippen LogP) is 8.55. The molecule has 0 unspecified atom stereocenters. The first-order valence-corrected chi connectivity index (χ1v) is 16.1. The van der Waals surface area contributed by atoms with Crippen molar-refractivity contribution in [2.75, 3.05) is 0 Å². The summed E-state index contributed by atoms with van der Waals surface area (Å²) in [7, 11) is -1.91. The van der Waals surface area contributed by atoms with E-state index in [0.29, 0.717) is 0 Å².